The van der Waals surface area contributed by atoms with Gasteiger partial charge < -0.3 is 4.74 Å². The molecule has 0 aromatic heterocycles. The summed E-state index contributed by atoms with van der Waals surface area (Å²) >= 11 is 3.66. The van der Waals surface area contributed by atoms with Crippen LogP contribution in [0.5, 0.6) is 0 Å². The highest BCUT2D eigenvalue weighted by molar-refractivity contribution is 9.10. The van der Waals surface area contributed by atoms with Crippen molar-refractivity contribution in [2.45, 2.75) is 18.9 Å². The molecule has 0 spiro atoms. The highest BCUT2D eigenvalue weighted by Crippen LogP contribution is 2.31. The molecule has 0 N–H and O–H groups in total. The smallest absolute Gasteiger partial charge is 0.0594 e. The molecular formula is C13H16BrNO. The molecule has 3 heteroatoms. The summed E-state index contributed by atoms with van der Waals surface area (Å²) in [4.78, 5) is 2.58. The Morgan fingerprint density at radius 3 is 2.75 bits per heavy atom. The fourth-order valence-electron chi connectivity index (χ4n) is 2.79. The van der Waals surface area contributed by atoms with E-state index in [1.54, 1.807) is 0 Å². The molecular weight excluding hydrogens is 266 g/mol. The molecule has 1 aliphatic carbocycles. The molecule has 0 saturated carbocycles. The van der Waals surface area contributed by atoms with Crippen LogP contribution in [0.3, 0.4) is 0 Å². The Hall–Kier alpha value is -0.380. The second-order valence-corrected chi connectivity index (χ2v) is 5.44. The summed E-state index contributed by atoms with van der Waals surface area (Å²) in [5.41, 5.74) is 3.03. The van der Waals surface area contributed by atoms with E-state index < -0.39 is 0 Å². The van der Waals surface area contributed by atoms with Crippen LogP contribution in [0.15, 0.2) is 22.7 Å². The first-order chi connectivity index (χ1) is 7.84. The van der Waals surface area contributed by atoms with Crippen molar-refractivity contribution in [1.82, 2.24) is 4.90 Å². The van der Waals surface area contributed by atoms with Gasteiger partial charge in [-0.05, 0) is 30.0 Å². The number of ether oxygens (including phenoxy) is 1. The first-order valence-electron chi connectivity index (χ1n) is 5.92. The Balaban J connectivity index is 1.77. The van der Waals surface area contributed by atoms with E-state index in [9.17, 15) is 0 Å². The molecule has 1 unspecified atom stereocenters. The highest BCUT2D eigenvalue weighted by Gasteiger charge is 2.28. The van der Waals surface area contributed by atoms with Crippen LogP contribution < -0.4 is 0 Å². The van der Waals surface area contributed by atoms with Gasteiger partial charge in [-0.1, -0.05) is 28.1 Å². The van der Waals surface area contributed by atoms with E-state index in [4.69, 9.17) is 4.74 Å². The van der Waals surface area contributed by atoms with E-state index >= 15 is 0 Å². The van der Waals surface area contributed by atoms with Gasteiger partial charge in [-0.25, -0.2) is 0 Å². The summed E-state index contributed by atoms with van der Waals surface area (Å²) in [6, 6.07) is 7.25. The third kappa shape index (κ3) is 1.92. The zero-order chi connectivity index (χ0) is 11.0. The summed E-state index contributed by atoms with van der Waals surface area (Å²) in [5.74, 6) is 0. The topological polar surface area (TPSA) is 12.5 Å². The van der Waals surface area contributed by atoms with Crippen LogP contribution in [0.1, 0.15) is 11.1 Å². The van der Waals surface area contributed by atoms with Crippen LogP contribution in [0.2, 0.25) is 0 Å². The van der Waals surface area contributed by atoms with Crippen molar-refractivity contribution < 1.29 is 4.74 Å². The Morgan fingerprint density at radius 2 is 2.00 bits per heavy atom. The average Bonchev–Trinajstić information content (AvgIpc) is 2.76. The van der Waals surface area contributed by atoms with Crippen LogP contribution >= 0.6 is 15.9 Å². The van der Waals surface area contributed by atoms with Crippen molar-refractivity contribution in [3.8, 4) is 0 Å². The van der Waals surface area contributed by atoms with Gasteiger partial charge in [-0.2, -0.15) is 0 Å². The SMILES string of the molecule is Brc1cccc2c1CC(N1CCOCC1)C2. The maximum absolute atomic E-state index is 5.41. The first-order valence-corrected chi connectivity index (χ1v) is 6.72. The first kappa shape index (κ1) is 10.8. The molecule has 2 nitrogen and oxygen atoms in total. The Labute approximate surface area is 105 Å². The van der Waals surface area contributed by atoms with Gasteiger partial charge in [-0.3, -0.25) is 4.90 Å². The summed E-state index contributed by atoms with van der Waals surface area (Å²) in [5, 5.41) is 0. The molecule has 0 radical (unpaired) electrons. The summed E-state index contributed by atoms with van der Waals surface area (Å²) in [6.07, 6.45) is 2.39. The Kier molecular flexibility index (Phi) is 3.01. The molecule has 1 aromatic rings. The molecule has 3 rings (SSSR count). The van der Waals surface area contributed by atoms with Crippen molar-refractivity contribution in [3.63, 3.8) is 0 Å². The second-order valence-electron chi connectivity index (χ2n) is 4.59. The average molecular weight is 282 g/mol. The summed E-state index contributed by atoms with van der Waals surface area (Å²) < 4.78 is 6.69. The lowest BCUT2D eigenvalue weighted by Gasteiger charge is -2.32. The predicted molar refractivity (Wildman–Crippen MR) is 67.7 cm³/mol. The van der Waals surface area contributed by atoms with Crippen molar-refractivity contribution in [1.29, 1.82) is 0 Å². The molecule has 1 aromatic carbocycles. The molecule has 1 aliphatic heterocycles. The van der Waals surface area contributed by atoms with Crippen LogP contribution in [-0.4, -0.2) is 37.2 Å². The maximum Gasteiger partial charge on any atom is 0.0594 e. The van der Waals surface area contributed by atoms with E-state index in [1.165, 1.54) is 28.4 Å². The van der Waals surface area contributed by atoms with Gasteiger partial charge in [0.15, 0.2) is 0 Å². The van der Waals surface area contributed by atoms with Crippen molar-refractivity contribution >= 4 is 15.9 Å². The Morgan fingerprint density at radius 1 is 1.19 bits per heavy atom. The minimum absolute atomic E-state index is 0.692. The monoisotopic (exact) mass is 281 g/mol. The third-order valence-corrected chi connectivity index (χ3v) is 4.42. The minimum Gasteiger partial charge on any atom is -0.379 e. The van der Waals surface area contributed by atoms with Gasteiger partial charge in [-0.15, -0.1) is 0 Å². The number of benzene rings is 1. The van der Waals surface area contributed by atoms with Crippen molar-refractivity contribution in [2.24, 2.45) is 0 Å². The molecule has 0 bridgehead atoms. The number of halogens is 1. The second kappa shape index (κ2) is 4.47. The number of hydrogen-bond donors (Lipinski definition) is 0. The molecule has 0 amide bonds. The van der Waals surface area contributed by atoms with E-state index in [0.717, 1.165) is 26.3 Å². The van der Waals surface area contributed by atoms with E-state index in [0.29, 0.717) is 6.04 Å². The predicted octanol–water partition coefficient (Wildman–Crippen LogP) is 2.25. The lowest BCUT2D eigenvalue weighted by molar-refractivity contribution is 0.0187. The standard InChI is InChI=1S/C13H16BrNO/c14-13-3-1-2-10-8-11(9-12(10)13)15-4-6-16-7-5-15/h1-3,11H,4-9H2. The normalized spacial score (nSPS) is 25.7. The quantitative estimate of drug-likeness (QED) is 0.783. The highest BCUT2D eigenvalue weighted by atomic mass is 79.9. The number of rotatable bonds is 1. The fraction of sp³-hybridized carbons (Fsp3) is 0.538. The van der Waals surface area contributed by atoms with Gasteiger partial charge in [0, 0.05) is 23.6 Å². The third-order valence-electron chi connectivity index (χ3n) is 3.67. The summed E-state index contributed by atoms with van der Waals surface area (Å²) in [7, 11) is 0. The van der Waals surface area contributed by atoms with Crippen molar-refractivity contribution in [2.75, 3.05) is 26.3 Å². The van der Waals surface area contributed by atoms with Gasteiger partial charge in [0.25, 0.3) is 0 Å². The number of morpholine rings is 1. The molecule has 1 saturated heterocycles. The lowest BCUT2D eigenvalue weighted by atomic mass is 10.1. The lowest BCUT2D eigenvalue weighted by Crippen LogP contribution is -2.43. The molecule has 86 valence electrons. The number of hydrogen-bond acceptors (Lipinski definition) is 2. The molecule has 1 fully saturated rings. The van der Waals surface area contributed by atoms with Crippen LogP contribution in [-0.2, 0) is 17.6 Å². The van der Waals surface area contributed by atoms with Crippen LogP contribution in [0.25, 0.3) is 0 Å². The minimum atomic E-state index is 0.692. The number of nitrogens with zero attached hydrogens (tertiary/aromatic N) is 1. The molecule has 1 heterocycles. The maximum atomic E-state index is 5.41. The van der Waals surface area contributed by atoms with Gasteiger partial charge in [0.1, 0.15) is 0 Å². The zero-order valence-electron chi connectivity index (χ0n) is 9.29. The van der Waals surface area contributed by atoms with Crippen LogP contribution in [0, 0.1) is 0 Å². The molecule has 2 aliphatic rings. The zero-order valence-corrected chi connectivity index (χ0v) is 10.9. The van der Waals surface area contributed by atoms with E-state index in [-0.39, 0.29) is 0 Å². The molecule has 16 heavy (non-hydrogen) atoms. The van der Waals surface area contributed by atoms with Gasteiger partial charge in [0.05, 0.1) is 13.2 Å². The van der Waals surface area contributed by atoms with Gasteiger partial charge >= 0.3 is 0 Å². The Bertz CT molecular complexity index is 388. The van der Waals surface area contributed by atoms with Crippen molar-refractivity contribution in [3.05, 3.63) is 33.8 Å². The van der Waals surface area contributed by atoms with E-state index in [2.05, 4.69) is 39.0 Å². The fourth-order valence-corrected chi connectivity index (χ4v) is 3.35. The summed E-state index contributed by atoms with van der Waals surface area (Å²) in [6.45, 7) is 3.98. The molecule has 1 atom stereocenters. The van der Waals surface area contributed by atoms with Gasteiger partial charge in [0.2, 0.25) is 0 Å². The van der Waals surface area contributed by atoms with Crippen LogP contribution in [0.4, 0.5) is 0 Å². The largest absolute Gasteiger partial charge is 0.379 e. The van der Waals surface area contributed by atoms with E-state index in [1.807, 2.05) is 0 Å². The number of fused-ring (bicyclic) bond motifs is 1.